The number of benzene rings is 1. The predicted octanol–water partition coefficient (Wildman–Crippen LogP) is 6.90. The number of imidazole rings is 1. The smallest absolute Gasteiger partial charge is 0.472 e. The van der Waals surface area contributed by atoms with Gasteiger partial charge >= 0.3 is 15.5 Å². The Labute approximate surface area is 243 Å². The van der Waals surface area contributed by atoms with Crippen LogP contribution in [0.15, 0.2) is 51.7 Å². The van der Waals surface area contributed by atoms with E-state index in [1.54, 1.807) is 22.9 Å². The molecule has 1 fully saturated rings. The molecule has 0 unspecified atom stereocenters. The number of hydrogen-bond donors (Lipinski definition) is 2. The number of amides is 1. The number of alkyl halides is 3. The second kappa shape index (κ2) is 11.2. The quantitative estimate of drug-likeness (QED) is 0.205. The number of rotatable bonds is 9. The van der Waals surface area contributed by atoms with Crippen molar-refractivity contribution < 1.29 is 30.8 Å². The summed E-state index contributed by atoms with van der Waals surface area (Å²) in [4.78, 5) is 18.3. The highest BCUT2D eigenvalue weighted by molar-refractivity contribution is 9.10. The van der Waals surface area contributed by atoms with Crippen LogP contribution in [-0.2, 0) is 23.0 Å². The van der Waals surface area contributed by atoms with Gasteiger partial charge in [-0.2, -0.15) is 21.6 Å². The number of hydrogen-bond acceptors (Lipinski definition) is 5. The second-order valence-corrected chi connectivity index (χ2v) is 12.3. The Morgan fingerprint density at radius 3 is 2.51 bits per heavy atom. The molecule has 5 rings (SSSR count). The summed E-state index contributed by atoms with van der Waals surface area (Å²) in [5, 5.41) is 2.90. The molecule has 3 aliphatic rings. The first-order valence-electron chi connectivity index (χ1n) is 13.2. The van der Waals surface area contributed by atoms with Crippen molar-refractivity contribution in [2.75, 3.05) is 11.3 Å². The van der Waals surface area contributed by atoms with Gasteiger partial charge in [-0.25, -0.2) is 4.98 Å². The number of nitrogens with zero attached hydrogens (tertiary/aromatic N) is 2. The number of halogens is 4. The highest BCUT2D eigenvalue weighted by atomic mass is 79.9. The van der Waals surface area contributed by atoms with E-state index in [0.717, 1.165) is 30.5 Å². The first-order chi connectivity index (χ1) is 19.5. The summed E-state index contributed by atoms with van der Waals surface area (Å²) < 4.78 is 73.6. The van der Waals surface area contributed by atoms with E-state index in [9.17, 15) is 26.4 Å². The summed E-state index contributed by atoms with van der Waals surface area (Å²) in [7, 11) is -5.69. The lowest BCUT2D eigenvalue weighted by Crippen LogP contribution is -2.30. The molecule has 0 bridgehead atoms. The predicted molar refractivity (Wildman–Crippen MR) is 152 cm³/mol. The molecular formula is C28H28BrF3N4O4S. The molecule has 1 aromatic heterocycles. The van der Waals surface area contributed by atoms with E-state index in [2.05, 4.69) is 21.2 Å². The topological polar surface area (TPSA) is 106 Å². The van der Waals surface area contributed by atoms with E-state index < -0.39 is 15.5 Å². The monoisotopic (exact) mass is 652 g/mol. The number of sulfonamides is 1. The summed E-state index contributed by atoms with van der Waals surface area (Å²) in [6.07, 6.45) is 6.49. The first kappa shape index (κ1) is 29.2. The summed E-state index contributed by atoms with van der Waals surface area (Å²) >= 11 is 3.60. The van der Waals surface area contributed by atoms with Gasteiger partial charge in [-0.3, -0.25) is 9.52 Å². The molecule has 2 aliphatic carbocycles. The van der Waals surface area contributed by atoms with Gasteiger partial charge in [0.2, 0.25) is 0 Å². The fourth-order valence-corrected chi connectivity index (χ4v) is 6.55. The molecule has 1 aliphatic heterocycles. The molecule has 1 amide bonds. The van der Waals surface area contributed by atoms with Crippen molar-refractivity contribution in [3.63, 3.8) is 0 Å². The van der Waals surface area contributed by atoms with Crippen molar-refractivity contribution in [3.8, 4) is 22.3 Å². The largest absolute Gasteiger partial charge is 0.516 e. The summed E-state index contributed by atoms with van der Waals surface area (Å²) in [5.74, 6) is 0.640. The third-order valence-electron chi connectivity index (χ3n) is 7.37. The number of anilines is 1. The Kier molecular flexibility index (Phi) is 7.94. The van der Waals surface area contributed by atoms with Crippen LogP contribution in [0.1, 0.15) is 66.6 Å². The number of aryl methyl sites for hydroxylation is 1. The minimum Gasteiger partial charge on any atom is -0.472 e. The van der Waals surface area contributed by atoms with E-state index in [1.165, 1.54) is 24.7 Å². The van der Waals surface area contributed by atoms with Crippen molar-refractivity contribution in [2.24, 2.45) is 0 Å². The van der Waals surface area contributed by atoms with E-state index >= 15 is 0 Å². The standard InChI is InChI=1S/C28H28BrF3N4O4S/c1-3-22-34-25(16-8-7-9-16)26(27(37)33-4-2)36(22)14-19-17-12-13-40-15-20(17)24(29)23(19)18-10-5-6-11-21(18)35-41(38,39)28(30,31)32/h5-6,10-13,15-16,35H,3-4,7-9,14H2,1-2H3,(H,33,37). The Morgan fingerprint density at radius 1 is 1.15 bits per heavy atom. The van der Waals surface area contributed by atoms with Gasteiger partial charge in [0.25, 0.3) is 5.91 Å². The molecule has 0 spiro atoms. The van der Waals surface area contributed by atoms with Crippen LogP contribution in [0, 0.1) is 0 Å². The maximum Gasteiger partial charge on any atom is 0.516 e. The average molecular weight is 654 g/mol. The van der Waals surface area contributed by atoms with Gasteiger partial charge in [0, 0.05) is 40.0 Å². The van der Waals surface area contributed by atoms with Crippen LogP contribution in [0.3, 0.4) is 0 Å². The van der Waals surface area contributed by atoms with Gasteiger partial charge in [0.1, 0.15) is 11.5 Å². The molecule has 2 N–H and O–H groups in total. The molecule has 41 heavy (non-hydrogen) atoms. The number of carbonyl (C=O) groups excluding carboxylic acids is 1. The zero-order valence-electron chi connectivity index (χ0n) is 22.3. The molecule has 0 atom stereocenters. The van der Waals surface area contributed by atoms with Gasteiger partial charge in [0.05, 0.1) is 30.5 Å². The van der Waals surface area contributed by atoms with E-state index in [-0.39, 0.29) is 29.6 Å². The number of nitrogens with one attached hydrogen (secondary N) is 2. The number of fused-ring (bicyclic) bond motifs is 1. The maximum absolute atomic E-state index is 13.4. The highest BCUT2D eigenvalue weighted by Crippen LogP contribution is 2.49. The third kappa shape index (κ3) is 5.25. The van der Waals surface area contributed by atoms with Crippen LogP contribution < -0.4 is 10.0 Å². The van der Waals surface area contributed by atoms with Gasteiger partial charge in [-0.1, -0.05) is 31.5 Å². The fourth-order valence-electron chi connectivity index (χ4n) is 5.21. The molecule has 2 aromatic rings. The lowest BCUT2D eigenvalue weighted by atomic mass is 9.82. The summed E-state index contributed by atoms with van der Waals surface area (Å²) in [6.45, 7) is 4.38. The van der Waals surface area contributed by atoms with Crippen LogP contribution in [-0.4, -0.2) is 35.9 Å². The number of para-hydroxylation sites is 1. The van der Waals surface area contributed by atoms with Gasteiger partial charge in [-0.05, 0) is 59.0 Å². The van der Waals surface area contributed by atoms with E-state index in [0.29, 0.717) is 45.6 Å². The van der Waals surface area contributed by atoms with Crippen molar-refractivity contribution in [1.82, 2.24) is 14.9 Å². The molecule has 218 valence electrons. The molecule has 2 heterocycles. The summed E-state index contributed by atoms with van der Waals surface area (Å²) in [5.41, 5.74) is -1.77. The fraction of sp³-hybridized carbons (Fsp3) is 0.357. The van der Waals surface area contributed by atoms with Crippen LogP contribution in [0.5, 0.6) is 0 Å². The Morgan fingerprint density at radius 2 is 1.88 bits per heavy atom. The molecule has 1 aromatic carbocycles. The molecule has 8 nitrogen and oxygen atoms in total. The van der Waals surface area contributed by atoms with Crippen LogP contribution in [0.25, 0.3) is 22.3 Å². The maximum atomic E-state index is 13.4. The van der Waals surface area contributed by atoms with Crippen molar-refractivity contribution >= 4 is 37.5 Å². The molecule has 13 heteroatoms. The van der Waals surface area contributed by atoms with Gasteiger partial charge in [-0.15, -0.1) is 0 Å². The van der Waals surface area contributed by atoms with E-state index in [4.69, 9.17) is 9.40 Å². The Bertz CT molecular complexity index is 1680. The lowest BCUT2D eigenvalue weighted by Gasteiger charge is -2.25. The first-order valence-corrected chi connectivity index (χ1v) is 15.5. The Balaban J connectivity index is 1.73. The van der Waals surface area contributed by atoms with Crippen LogP contribution >= 0.6 is 15.9 Å². The third-order valence-corrected chi connectivity index (χ3v) is 9.29. The van der Waals surface area contributed by atoms with Crippen LogP contribution in [0.4, 0.5) is 18.9 Å². The molecular weight excluding hydrogens is 625 g/mol. The zero-order valence-corrected chi connectivity index (χ0v) is 24.7. The molecule has 1 saturated carbocycles. The van der Waals surface area contributed by atoms with Crippen molar-refractivity contribution in [3.05, 3.63) is 70.1 Å². The van der Waals surface area contributed by atoms with Gasteiger partial charge < -0.3 is 14.3 Å². The second-order valence-electron chi connectivity index (χ2n) is 9.84. The summed E-state index contributed by atoms with van der Waals surface area (Å²) in [6, 6.07) is 7.63. The van der Waals surface area contributed by atoms with Crippen molar-refractivity contribution in [2.45, 2.75) is 57.5 Å². The molecule has 0 saturated heterocycles. The zero-order chi connectivity index (χ0) is 29.5. The normalized spacial score (nSPS) is 14.3. The Hall–Kier alpha value is -3.32. The minimum absolute atomic E-state index is 0.164. The van der Waals surface area contributed by atoms with Gasteiger partial charge in [0.15, 0.2) is 0 Å². The minimum atomic E-state index is -5.69. The lowest BCUT2D eigenvalue weighted by molar-refractivity contribution is -0.0429. The van der Waals surface area contributed by atoms with Crippen molar-refractivity contribution in [1.29, 1.82) is 0 Å². The number of aromatic nitrogens is 2. The van der Waals surface area contributed by atoms with Crippen LogP contribution in [0.2, 0.25) is 0 Å². The average Bonchev–Trinajstić information content (AvgIpc) is 3.38. The SMILES string of the molecule is CCNC(=O)c1c(C2CCC2)nc(CC)n1Cc1c2ccocc-2c(Br)c1-c1ccccc1NS(=O)(=O)C(F)(F)F. The number of carbonyl (C=O) groups is 1. The highest BCUT2D eigenvalue weighted by Gasteiger charge is 2.46. The molecule has 0 radical (unpaired) electrons. The van der Waals surface area contributed by atoms with E-state index in [1.807, 2.05) is 18.4 Å².